The molecule has 0 bridgehead atoms. The lowest BCUT2D eigenvalue weighted by atomic mass is 9.91. The molecule has 1 aliphatic rings. The number of amides is 1. The van der Waals surface area contributed by atoms with Crippen molar-refractivity contribution in [3.05, 3.63) is 10.6 Å². The van der Waals surface area contributed by atoms with E-state index in [1.807, 2.05) is 6.92 Å². The van der Waals surface area contributed by atoms with E-state index >= 15 is 0 Å². The van der Waals surface area contributed by atoms with Crippen LogP contribution in [0, 0.1) is 12.8 Å². The Morgan fingerprint density at radius 3 is 2.68 bits per heavy atom. The molecule has 1 fully saturated rings. The molecule has 0 aromatic carbocycles. The summed E-state index contributed by atoms with van der Waals surface area (Å²) in [5.41, 5.74) is 6.24. The van der Waals surface area contributed by atoms with Crippen LogP contribution in [-0.4, -0.2) is 39.5 Å². The molecule has 2 unspecified atom stereocenters. The van der Waals surface area contributed by atoms with Crippen molar-refractivity contribution in [2.24, 2.45) is 5.92 Å². The number of nitrogens with two attached hydrogens (primary N) is 1. The number of carbonyl (C=O) groups excluding carboxylic acids is 1. The summed E-state index contributed by atoms with van der Waals surface area (Å²) in [4.78, 5) is 29.7. The molecular weight excluding hydrogens is 266 g/mol. The highest BCUT2D eigenvalue weighted by Crippen LogP contribution is 2.28. The summed E-state index contributed by atoms with van der Waals surface area (Å²) in [6.07, 6.45) is 0.993. The van der Waals surface area contributed by atoms with Gasteiger partial charge in [0.15, 0.2) is 5.13 Å². The molecule has 3 N–H and O–H groups in total. The number of aromatic nitrogens is 1. The number of aryl methyl sites for hydroxylation is 1. The molecule has 104 valence electrons. The van der Waals surface area contributed by atoms with Gasteiger partial charge in [0, 0.05) is 12.6 Å². The molecule has 0 aliphatic carbocycles. The highest BCUT2D eigenvalue weighted by atomic mass is 32.1. The third kappa shape index (κ3) is 2.70. The molecule has 0 saturated carbocycles. The second kappa shape index (κ2) is 5.16. The van der Waals surface area contributed by atoms with E-state index in [4.69, 9.17) is 10.8 Å². The summed E-state index contributed by atoms with van der Waals surface area (Å²) in [6, 6.07) is -0.0786. The van der Waals surface area contributed by atoms with Crippen LogP contribution in [0.25, 0.3) is 0 Å². The number of carboxylic acid groups (broad SMARTS) is 1. The van der Waals surface area contributed by atoms with Crippen molar-refractivity contribution in [3.63, 3.8) is 0 Å². The minimum atomic E-state index is -0.780. The van der Waals surface area contributed by atoms with E-state index < -0.39 is 5.97 Å². The van der Waals surface area contributed by atoms with Crippen molar-refractivity contribution >= 4 is 28.3 Å². The number of thiazole rings is 1. The Balaban J connectivity index is 2.13. The van der Waals surface area contributed by atoms with Crippen LogP contribution in [0.3, 0.4) is 0 Å². The van der Waals surface area contributed by atoms with Crippen molar-refractivity contribution in [1.82, 2.24) is 9.88 Å². The summed E-state index contributed by atoms with van der Waals surface area (Å²) in [5, 5.41) is 9.40. The van der Waals surface area contributed by atoms with E-state index in [0.29, 0.717) is 35.1 Å². The predicted molar refractivity (Wildman–Crippen MR) is 72.1 cm³/mol. The molecule has 19 heavy (non-hydrogen) atoms. The number of carbonyl (C=O) groups is 2. The third-order valence-corrected chi connectivity index (χ3v) is 4.47. The zero-order valence-electron chi connectivity index (χ0n) is 10.9. The van der Waals surface area contributed by atoms with Crippen molar-refractivity contribution in [3.8, 4) is 0 Å². The number of piperidine rings is 1. The van der Waals surface area contributed by atoms with Crippen molar-refractivity contribution in [2.45, 2.75) is 32.7 Å². The van der Waals surface area contributed by atoms with Crippen LogP contribution in [0.4, 0.5) is 5.13 Å². The fourth-order valence-electron chi connectivity index (χ4n) is 2.44. The lowest BCUT2D eigenvalue weighted by molar-refractivity contribution is -0.143. The topological polar surface area (TPSA) is 96.5 Å². The van der Waals surface area contributed by atoms with Gasteiger partial charge in [-0.05, 0) is 26.7 Å². The number of likely N-dealkylation sites (tertiary alicyclic amines) is 1. The van der Waals surface area contributed by atoms with Crippen LogP contribution in [0.15, 0.2) is 0 Å². The second-order valence-electron chi connectivity index (χ2n) is 4.87. The summed E-state index contributed by atoms with van der Waals surface area (Å²) in [7, 11) is 0. The largest absolute Gasteiger partial charge is 0.481 e. The predicted octanol–water partition coefficient (Wildman–Crippen LogP) is 1.36. The Kier molecular flexibility index (Phi) is 3.75. The van der Waals surface area contributed by atoms with Crippen molar-refractivity contribution < 1.29 is 14.7 Å². The Hall–Kier alpha value is -1.63. The summed E-state index contributed by atoms with van der Waals surface area (Å²) >= 11 is 1.18. The standard InChI is InChI=1S/C12H17N3O3S/c1-6-5-8(11(17)18)3-4-15(6)10(16)9-7(2)14-12(13)19-9/h6,8H,3-5H2,1-2H3,(H2,13,14)(H,17,18). The maximum atomic E-state index is 12.4. The molecule has 2 heterocycles. The minimum Gasteiger partial charge on any atom is -0.481 e. The molecule has 1 aliphatic heterocycles. The number of anilines is 1. The normalized spacial score (nSPS) is 23.4. The number of hydrogen-bond acceptors (Lipinski definition) is 5. The van der Waals surface area contributed by atoms with Crippen LogP contribution < -0.4 is 5.73 Å². The first-order chi connectivity index (χ1) is 8.90. The smallest absolute Gasteiger partial charge is 0.306 e. The monoisotopic (exact) mass is 283 g/mol. The van der Waals surface area contributed by atoms with Gasteiger partial charge in [0.05, 0.1) is 11.6 Å². The molecule has 7 heteroatoms. The van der Waals surface area contributed by atoms with E-state index in [1.54, 1.807) is 11.8 Å². The Morgan fingerprint density at radius 2 is 2.21 bits per heavy atom. The molecule has 1 amide bonds. The fraction of sp³-hybridized carbons (Fsp3) is 0.583. The van der Waals surface area contributed by atoms with Crippen molar-refractivity contribution in [1.29, 1.82) is 0 Å². The van der Waals surface area contributed by atoms with Gasteiger partial charge in [0.1, 0.15) is 4.88 Å². The Morgan fingerprint density at radius 1 is 1.53 bits per heavy atom. The number of carboxylic acids is 1. The minimum absolute atomic E-state index is 0.0786. The summed E-state index contributed by atoms with van der Waals surface area (Å²) in [5.74, 6) is -1.23. The highest BCUT2D eigenvalue weighted by molar-refractivity contribution is 7.17. The molecule has 0 spiro atoms. The first-order valence-corrected chi connectivity index (χ1v) is 6.98. The molecule has 0 radical (unpaired) electrons. The molecular formula is C12H17N3O3S. The summed E-state index contributed by atoms with van der Waals surface area (Å²) < 4.78 is 0. The van der Waals surface area contributed by atoms with E-state index in [9.17, 15) is 9.59 Å². The molecule has 6 nitrogen and oxygen atoms in total. The number of hydrogen-bond donors (Lipinski definition) is 2. The van der Waals surface area contributed by atoms with Gasteiger partial charge in [-0.2, -0.15) is 0 Å². The molecule has 2 atom stereocenters. The number of nitrogen functional groups attached to an aromatic ring is 1. The number of aliphatic carboxylic acids is 1. The maximum absolute atomic E-state index is 12.4. The first-order valence-electron chi connectivity index (χ1n) is 6.16. The maximum Gasteiger partial charge on any atom is 0.306 e. The zero-order chi connectivity index (χ0) is 14.2. The van der Waals surface area contributed by atoms with Gasteiger partial charge in [-0.3, -0.25) is 9.59 Å². The Bertz CT molecular complexity index is 514. The lowest BCUT2D eigenvalue weighted by Gasteiger charge is -2.36. The van der Waals surface area contributed by atoms with Gasteiger partial charge in [0.25, 0.3) is 5.91 Å². The lowest BCUT2D eigenvalue weighted by Crippen LogP contribution is -2.46. The van der Waals surface area contributed by atoms with E-state index in [0.717, 1.165) is 0 Å². The fourth-order valence-corrected chi connectivity index (χ4v) is 3.23. The van der Waals surface area contributed by atoms with Gasteiger partial charge in [0.2, 0.25) is 0 Å². The number of nitrogens with zero attached hydrogens (tertiary/aromatic N) is 2. The molecule has 1 saturated heterocycles. The second-order valence-corrected chi connectivity index (χ2v) is 5.90. The van der Waals surface area contributed by atoms with Crippen LogP contribution in [-0.2, 0) is 4.79 Å². The average Bonchev–Trinajstić information content (AvgIpc) is 2.67. The van der Waals surface area contributed by atoms with Crippen LogP contribution in [0.5, 0.6) is 0 Å². The molecule has 1 aromatic heterocycles. The van der Waals surface area contributed by atoms with Gasteiger partial charge in [-0.1, -0.05) is 11.3 Å². The highest BCUT2D eigenvalue weighted by Gasteiger charge is 2.33. The first kappa shape index (κ1) is 13.8. The average molecular weight is 283 g/mol. The molecule has 1 aromatic rings. The quantitative estimate of drug-likeness (QED) is 0.854. The molecule has 2 rings (SSSR count). The van der Waals surface area contributed by atoms with Gasteiger partial charge in [-0.25, -0.2) is 4.98 Å². The van der Waals surface area contributed by atoms with Gasteiger partial charge in [-0.15, -0.1) is 0 Å². The van der Waals surface area contributed by atoms with Crippen LogP contribution in [0.2, 0.25) is 0 Å². The van der Waals surface area contributed by atoms with Crippen LogP contribution >= 0.6 is 11.3 Å². The zero-order valence-corrected chi connectivity index (χ0v) is 11.7. The van der Waals surface area contributed by atoms with E-state index in [2.05, 4.69) is 4.98 Å². The van der Waals surface area contributed by atoms with Gasteiger partial charge >= 0.3 is 5.97 Å². The number of rotatable bonds is 2. The van der Waals surface area contributed by atoms with E-state index in [-0.39, 0.29) is 17.9 Å². The van der Waals surface area contributed by atoms with Crippen LogP contribution in [0.1, 0.15) is 35.1 Å². The van der Waals surface area contributed by atoms with Crippen molar-refractivity contribution in [2.75, 3.05) is 12.3 Å². The Labute approximate surface area is 115 Å². The van der Waals surface area contributed by atoms with Gasteiger partial charge < -0.3 is 15.7 Å². The third-order valence-electron chi connectivity index (χ3n) is 3.49. The van der Waals surface area contributed by atoms with E-state index in [1.165, 1.54) is 11.3 Å². The summed E-state index contributed by atoms with van der Waals surface area (Å²) in [6.45, 7) is 4.11. The SMILES string of the molecule is Cc1nc(N)sc1C(=O)N1CCC(C(=O)O)CC1C.